The summed E-state index contributed by atoms with van der Waals surface area (Å²) in [5.41, 5.74) is 1.56. The SMILES string of the molecule is CC1=CC(C)=P[C]1(C)[Zr].Cl.Cl. The van der Waals surface area contributed by atoms with Crippen LogP contribution in [0, 0.1) is 0 Å². The Hall–Kier alpha value is 1.37. The summed E-state index contributed by atoms with van der Waals surface area (Å²) in [6.07, 6.45) is 2.32. The molecule has 0 amide bonds. The fourth-order valence-electron chi connectivity index (χ4n) is 0.927. The van der Waals surface area contributed by atoms with Gasteiger partial charge in [0.25, 0.3) is 0 Å². The Labute approximate surface area is 97.7 Å². The van der Waals surface area contributed by atoms with E-state index in [0.717, 1.165) is 0 Å². The molecule has 0 N–H and O–H groups in total. The molecule has 1 atom stereocenters. The van der Waals surface area contributed by atoms with E-state index in [1.165, 1.54) is 13.5 Å². The van der Waals surface area contributed by atoms with Gasteiger partial charge in [-0.25, -0.2) is 0 Å². The van der Waals surface area contributed by atoms with Gasteiger partial charge in [0, 0.05) is 0 Å². The second-order valence-electron chi connectivity index (χ2n) is 2.65. The second kappa shape index (κ2) is 5.18. The summed E-state index contributed by atoms with van der Waals surface area (Å²) in [6.45, 7) is 6.77. The normalized spacial score (nSPS) is 29.3. The largest absolute Gasteiger partial charge is 0.147 e. The molecule has 0 saturated heterocycles. The van der Waals surface area contributed by atoms with Crippen LogP contribution in [-0.2, 0) is 24.7 Å². The van der Waals surface area contributed by atoms with Gasteiger partial charge in [0.15, 0.2) is 0 Å². The number of rotatable bonds is 0. The monoisotopic (exact) mass is 287 g/mol. The summed E-state index contributed by atoms with van der Waals surface area (Å²) in [5.74, 6) is 0. The van der Waals surface area contributed by atoms with Crippen molar-refractivity contribution in [2.24, 2.45) is 0 Å². The molecule has 0 bridgehead atoms. The summed E-state index contributed by atoms with van der Waals surface area (Å²) in [4.78, 5) is 0. The topological polar surface area (TPSA) is 0 Å². The molecule has 1 heterocycles. The maximum Gasteiger partial charge on any atom is -0.147 e. The van der Waals surface area contributed by atoms with Crippen molar-refractivity contribution in [1.82, 2.24) is 0 Å². The van der Waals surface area contributed by atoms with Gasteiger partial charge in [-0.3, -0.25) is 0 Å². The van der Waals surface area contributed by atoms with Gasteiger partial charge < -0.3 is 0 Å². The third-order valence-corrected chi connectivity index (χ3v) is 4.67. The Kier molecular flexibility index (Phi) is 7.00. The Balaban J connectivity index is 0. The maximum atomic E-state index is 2.33. The summed E-state index contributed by atoms with van der Waals surface area (Å²) in [7, 11) is 1.52. The van der Waals surface area contributed by atoms with Crippen LogP contribution in [0.5, 0.6) is 0 Å². The zero-order chi connectivity index (χ0) is 7.07. The van der Waals surface area contributed by atoms with Crippen molar-refractivity contribution in [2.45, 2.75) is 23.6 Å². The molecule has 1 rings (SSSR count). The minimum atomic E-state index is 0. The molecule has 0 aliphatic carbocycles. The molecule has 11 heavy (non-hydrogen) atoms. The summed E-state index contributed by atoms with van der Waals surface area (Å²) in [6, 6.07) is 0. The van der Waals surface area contributed by atoms with Gasteiger partial charge in [0.05, 0.1) is 0 Å². The van der Waals surface area contributed by atoms with Crippen LogP contribution in [0.3, 0.4) is 0 Å². The maximum absolute atomic E-state index is 2.33. The third-order valence-electron chi connectivity index (χ3n) is 1.59. The van der Waals surface area contributed by atoms with E-state index in [0.29, 0.717) is 2.86 Å². The van der Waals surface area contributed by atoms with Crippen molar-refractivity contribution < 1.29 is 24.7 Å². The molecule has 0 aromatic heterocycles. The molecule has 0 aromatic rings. The first kappa shape index (κ1) is 14.9. The van der Waals surface area contributed by atoms with Crippen LogP contribution in [0.4, 0.5) is 0 Å². The summed E-state index contributed by atoms with van der Waals surface area (Å²) in [5, 5.41) is 1.52. The minimum Gasteiger partial charge on any atom is -0.147 e. The molecule has 63 valence electrons. The number of halogens is 2. The fraction of sp³-hybridized carbons (Fsp3) is 0.571. The van der Waals surface area contributed by atoms with E-state index >= 15 is 0 Å². The number of allylic oxidation sites excluding steroid dienone is 2. The van der Waals surface area contributed by atoms with Crippen LogP contribution < -0.4 is 0 Å². The van der Waals surface area contributed by atoms with Crippen molar-refractivity contribution in [3.8, 4) is 0 Å². The number of hydrogen-bond donors (Lipinski definition) is 0. The van der Waals surface area contributed by atoms with Gasteiger partial charge in [-0.15, -0.1) is 24.8 Å². The van der Waals surface area contributed by atoms with Gasteiger partial charge in [-0.05, 0) is 0 Å². The zero-order valence-electron chi connectivity index (χ0n) is 6.84. The summed E-state index contributed by atoms with van der Waals surface area (Å²) >= 11 is 1.64. The first-order valence-corrected chi connectivity index (χ1v) is 5.15. The van der Waals surface area contributed by atoms with Crippen LogP contribution in [0.2, 0.25) is 0 Å². The molecule has 4 heteroatoms. The zero-order valence-corrected chi connectivity index (χ0v) is 11.8. The van der Waals surface area contributed by atoms with E-state index in [9.17, 15) is 0 Å². The molecular weight excluding hydrogens is 277 g/mol. The van der Waals surface area contributed by atoms with Crippen molar-refractivity contribution in [2.75, 3.05) is 0 Å². The van der Waals surface area contributed by atoms with Crippen LogP contribution >= 0.6 is 33.0 Å². The van der Waals surface area contributed by atoms with Crippen molar-refractivity contribution in [1.29, 1.82) is 0 Å². The van der Waals surface area contributed by atoms with Crippen molar-refractivity contribution in [3.63, 3.8) is 0 Å². The van der Waals surface area contributed by atoms with Crippen LogP contribution in [-0.4, -0.2) is 8.16 Å². The Morgan fingerprint density at radius 2 is 1.82 bits per heavy atom. The van der Waals surface area contributed by atoms with Gasteiger partial charge in [0.1, 0.15) is 0 Å². The average molecular weight is 289 g/mol. The van der Waals surface area contributed by atoms with Crippen molar-refractivity contribution >= 4 is 38.3 Å². The third kappa shape index (κ3) is 3.73. The van der Waals surface area contributed by atoms with E-state index in [1.807, 2.05) is 0 Å². The molecular formula is C7H12Cl2PZr. The predicted octanol–water partition coefficient (Wildman–Crippen LogP) is 3.19. The van der Waals surface area contributed by atoms with Gasteiger partial charge >= 0.3 is 73.5 Å². The number of hydrogen-bond acceptors (Lipinski definition) is 0. The minimum absolute atomic E-state index is 0. The second-order valence-corrected chi connectivity index (χ2v) is 7.97. The molecule has 0 aromatic carbocycles. The van der Waals surface area contributed by atoms with Crippen molar-refractivity contribution in [3.05, 3.63) is 11.6 Å². The first-order valence-electron chi connectivity index (χ1n) is 3.02. The molecule has 0 saturated carbocycles. The van der Waals surface area contributed by atoms with Crippen LogP contribution in [0.1, 0.15) is 20.8 Å². The predicted molar refractivity (Wildman–Crippen MR) is 54.3 cm³/mol. The molecule has 0 nitrogen and oxygen atoms in total. The molecule has 0 fully saturated rings. The Morgan fingerprint density at radius 3 is 1.91 bits per heavy atom. The molecule has 1 unspecified atom stereocenters. The van der Waals surface area contributed by atoms with Gasteiger partial charge in [0.2, 0.25) is 0 Å². The van der Waals surface area contributed by atoms with Gasteiger partial charge in [-0.2, -0.15) is 0 Å². The van der Waals surface area contributed by atoms with E-state index in [2.05, 4.69) is 26.8 Å². The quantitative estimate of drug-likeness (QED) is 0.601. The Bertz CT molecular complexity index is 197. The molecule has 0 spiro atoms. The fourth-order valence-corrected chi connectivity index (χ4v) is 3.61. The van der Waals surface area contributed by atoms with E-state index in [4.69, 9.17) is 0 Å². The Morgan fingerprint density at radius 1 is 1.36 bits per heavy atom. The van der Waals surface area contributed by atoms with E-state index < -0.39 is 0 Å². The summed E-state index contributed by atoms with van der Waals surface area (Å²) < 4.78 is 0.511. The standard InChI is InChI=1S/C7H10P.2ClH.Zr/c1-5-4-6(2)8-7(5)3;;;/h4H,1-3H3;2*1H;. The van der Waals surface area contributed by atoms with Gasteiger partial charge in [-0.1, -0.05) is 0 Å². The average Bonchev–Trinajstić information content (AvgIpc) is 1.79. The first-order chi connectivity index (χ1) is 4.02. The molecule has 0 radical (unpaired) electrons. The smallest absolute Gasteiger partial charge is 0.147 e. The van der Waals surface area contributed by atoms with Crippen LogP contribution in [0.25, 0.3) is 0 Å². The molecule has 1 aliphatic rings. The van der Waals surface area contributed by atoms with E-state index in [1.54, 1.807) is 30.3 Å². The van der Waals surface area contributed by atoms with E-state index in [-0.39, 0.29) is 24.8 Å². The molecule has 1 aliphatic heterocycles. The van der Waals surface area contributed by atoms with Crippen LogP contribution in [0.15, 0.2) is 11.6 Å².